The fraction of sp³-hybridized carbons (Fsp3) is 0.800. The van der Waals surface area contributed by atoms with Crippen LogP contribution in [0.1, 0.15) is 53.9 Å². The average Bonchev–Trinajstić information content (AvgIpc) is 2.38. The van der Waals surface area contributed by atoms with Gasteiger partial charge in [0.15, 0.2) is 0 Å². The van der Waals surface area contributed by atoms with Crippen molar-refractivity contribution >= 4 is 0 Å². The molecule has 0 fully saturated rings. The smallest absolute Gasteiger partial charge is 0.0700 e. The Balaban J connectivity index is 2.58. The van der Waals surface area contributed by atoms with Crippen molar-refractivity contribution in [2.75, 3.05) is 0 Å². The van der Waals surface area contributed by atoms with E-state index in [4.69, 9.17) is 0 Å². The lowest BCUT2D eigenvalue weighted by Crippen LogP contribution is -2.28. The molecule has 0 N–H and O–H groups in total. The van der Waals surface area contributed by atoms with Crippen LogP contribution < -0.4 is 0 Å². The summed E-state index contributed by atoms with van der Waals surface area (Å²) in [4.78, 5) is 0. The van der Waals surface area contributed by atoms with E-state index in [-0.39, 0.29) is 16.7 Å². The molecular formula is C15H23N. The Bertz CT molecular complexity index is 379. The van der Waals surface area contributed by atoms with Gasteiger partial charge < -0.3 is 0 Å². The SMILES string of the molecule is CC1C(C)(C)C2=C(C(C#N)CCC2)C1(C)C. The quantitative estimate of drug-likeness (QED) is 0.555. The van der Waals surface area contributed by atoms with Gasteiger partial charge in [-0.25, -0.2) is 0 Å². The zero-order valence-electron chi connectivity index (χ0n) is 11.2. The van der Waals surface area contributed by atoms with Crippen LogP contribution in [0.5, 0.6) is 0 Å². The van der Waals surface area contributed by atoms with Gasteiger partial charge in [-0.05, 0) is 41.6 Å². The molecule has 1 nitrogen and oxygen atoms in total. The summed E-state index contributed by atoms with van der Waals surface area (Å²) in [7, 11) is 0. The van der Waals surface area contributed by atoms with Crippen molar-refractivity contribution in [1.82, 2.24) is 0 Å². The lowest BCUT2D eigenvalue weighted by Gasteiger charge is -2.35. The molecule has 0 aromatic carbocycles. The molecule has 2 aliphatic carbocycles. The normalized spacial score (nSPS) is 35.8. The highest BCUT2D eigenvalue weighted by atomic mass is 14.6. The number of rotatable bonds is 0. The van der Waals surface area contributed by atoms with E-state index in [1.165, 1.54) is 18.4 Å². The molecule has 0 radical (unpaired) electrons. The molecule has 2 atom stereocenters. The first-order chi connectivity index (χ1) is 7.33. The van der Waals surface area contributed by atoms with E-state index in [2.05, 4.69) is 40.7 Å². The summed E-state index contributed by atoms with van der Waals surface area (Å²) in [6.07, 6.45) is 3.49. The van der Waals surface area contributed by atoms with E-state index >= 15 is 0 Å². The van der Waals surface area contributed by atoms with Crippen LogP contribution in [0.4, 0.5) is 0 Å². The Morgan fingerprint density at radius 3 is 2.38 bits per heavy atom. The van der Waals surface area contributed by atoms with E-state index in [9.17, 15) is 5.26 Å². The van der Waals surface area contributed by atoms with E-state index < -0.39 is 0 Å². The summed E-state index contributed by atoms with van der Waals surface area (Å²) in [6.45, 7) is 11.7. The zero-order chi connectivity index (χ0) is 12.1. The van der Waals surface area contributed by atoms with E-state index in [0.717, 1.165) is 6.42 Å². The van der Waals surface area contributed by atoms with Gasteiger partial charge in [-0.1, -0.05) is 40.2 Å². The molecule has 0 aromatic rings. The summed E-state index contributed by atoms with van der Waals surface area (Å²) in [6, 6.07) is 2.53. The first kappa shape index (κ1) is 11.7. The van der Waals surface area contributed by atoms with Gasteiger partial charge in [0.1, 0.15) is 0 Å². The minimum atomic E-state index is 0.183. The van der Waals surface area contributed by atoms with Crippen LogP contribution in [0.15, 0.2) is 11.1 Å². The van der Waals surface area contributed by atoms with Crippen LogP contribution in [0.2, 0.25) is 0 Å². The lowest BCUT2D eigenvalue weighted by molar-refractivity contribution is 0.185. The Kier molecular flexibility index (Phi) is 2.46. The second kappa shape index (κ2) is 3.36. The van der Waals surface area contributed by atoms with Crippen molar-refractivity contribution in [2.24, 2.45) is 22.7 Å². The fourth-order valence-electron chi connectivity index (χ4n) is 4.01. The molecule has 0 saturated heterocycles. The molecular weight excluding hydrogens is 194 g/mol. The molecule has 1 heteroatoms. The highest BCUT2D eigenvalue weighted by molar-refractivity contribution is 5.40. The topological polar surface area (TPSA) is 23.8 Å². The van der Waals surface area contributed by atoms with Crippen molar-refractivity contribution in [1.29, 1.82) is 5.26 Å². The molecule has 2 unspecified atom stereocenters. The summed E-state index contributed by atoms with van der Waals surface area (Å²) >= 11 is 0. The van der Waals surface area contributed by atoms with Gasteiger partial charge in [0.05, 0.1) is 12.0 Å². The van der Waals surface area contributed by atoms with Crippen LogP contribution in [0.3, 0.4) is 0 Å². The van der Waals surface area contributed by atoms with Crippen molar-refractivity contribution < 1.29 is 0 Å². The molecule has 0 saturated carbocycles. The van der Waals surface area contributed by atoms with Crippen LogP contribution in [-0.2, 0) is 0 Å². The van der Waals surface area contributed by atoms with Crippen molar-refractivity contribution in [3.8, 4) is 6.07 Å². The van der Waals surface area contributed by atoms with Crippen molar-refractivity contribution in [2.45, 2.75) is 53.9 Å². The largest absolute Gasteiger partial charge is 0.198 e. The van der Waals surface area contributed by atoms with Crippen molar-refractivity contribution in [3.05, 3.63) is 11.1 Å². The maximum absolute atomic E-state index is 9.34. The molecule has 88 valence electrons. The van der Waals surface area contributed by atoms with Gasteiger partial charge in [0, 0.05) is 0 Å². The molecule has 0 spiro atoms. The third-order valence-corrected chi connectivity index (χ3v) is 5.39. The van der Waals surface area contributed by atoms with Gasteiger partial charge in [-0.15, -0.1) is 0 Å². The third kappa shape index (κ3) is 1.29. The highest BCUT2D eigenvalue weighted by Gasteiger charge is 2.52. The van der Waals surface area contributed by atoms with Gasteiger partial charge in [0.25, 0.3) is 0 Å². The number of nitriles is 1. The molecule has 2 rings (SSSR count). The van der Waals surface area contributed by atoms with Gasteiger partial charge in [-0.2, -0.15) is 5.26 Å². The molecule has 0 heterocycles. The minimum Gasteiger partial charge on any atom is -0.198 e. The predicted octanol–water partition coefficient (Wildman–Crippen LogP) is 4.31. The minimum absolute atomic E-state index is 0.183. The van der Waals surface area contributed by atoms with Gasteiger partial charge in [-0.3, -0.25) is 0 Å². The number of hydrogen-bond acceptors (Lipinski definition) is 1. The van der Waals surface area contributed by atoms with Crippen molar-refractivity contribution in [3.63, 3.8) is 0 Å². The summed E-state index contributed by atoms with van der Waals surface area (Å²) in [5.74, 6) is 0.821. The molecule has 0 aromatic heterocycles. The fourth-order valence-corrected chi connectivity index (χ4v) is 4.01. The molecule has 0 amide bonds. The molecule has 0 bridgehead atoms. The second-order valence-corrected chi connectivity index (χ2v) is 6.63. The van der Waals surface area contributed by atoms with Crippen LogP contribution in [0, 0.1) is 34.0 Å². The van der Waals surface area contributed by atoms with E-state index in [0.29, 0.717) is 5.92 Å². The van der Waals surface area contributed by atoms with Crippen LogP contribution >= 0.6 is 0 Å². The first-order valence-corrected chi connectivity index (χ1v) is 6.47. The Morgan fingerprint density at radius 1 is 1.19 bits per heavy atom. The highest BCUT2D eigenvalue weighted by Crippen LogP contribution is 2.61. The number of allylic oxidation sites excluding steroid dienone is 2. The maximum Gasteiger partial charge on any atom is 0.0700 e. The molecule has 2 aliphatic rings. The molecule has 16 heavy (non-hydrogen) atoms. The van der Waals surface area contributed by atoms with Gasteiger partial charge >= 0.3 is 0 Å². The average molecular weight is 217 g/mol. The lowest BCUT2D eigenvalue weighted by atomic mass is 9.69. The van der Waals surface area contributed by atoms with Gasteiger partial charge in [0.2, 0.25) is 0 Å². The number of hydrogen-bond donors (Lipinski definition) is 0. The monoisotopic (exact) mass is 217 g/mol. The van der Waals surface area contributed by atoms with E-state index in [1.54, 1.807) is 5.57 Å². The summed E-state index contributed by atoms with van der Waals surface area (Å²) in [5, 5.41) is 9.34. The van der Waals surface area contributed by atoms with Crippen LogP contribution in [0.25, 0.3) is 0 Å². The standard InChI is InChI=1S/C15H23N/c1-10-14(2,3)12-8-6-7-11(9-16)13(12)15(10,4)5/h10-11H,6-8H2,1-5H3. The Hall–Kier alpha value is -0.770. The third-order valence-electron chi connectivity index (χ3n) is 5.39. The van der Waals surface area contributed by atoms with E-state index in [1.807, 2.05) is 0 Å². The molecule has 0 aliphatic heterocycles. The summed E-state index contributed by atoms with van der Waals surface area (Å²) in [5.41, 5.74) is 3.58. The maximum atomic E-state index is 9.34. The Labute approximate surface area is 99.5 Å². The Morgan fingerprint density at radius 2 is 1.81 bits per heavy atom. The zero-order valence-corrected chi connectivity index (χ0v) is 11.2. The second-order valence-electron chi connectivity index (χ2n) is 6.63. The number of nitrogens with zero attached hydrogens (tertiary/aromatic N) is 1. The first-order valence-electron chi connectivity index (χ1n) is 6.47. The summed E-state index contributed by atoms with van der Waals surface area (Å²) < 4.78 is 0. The van der Waals surface area contributed by atoms with Crippen LogP contribution in [-0.4, -0.2) is 0 Å². The predicted molar refractivity (Wildman–Crippen MR) is 66.7 cm³/mol.